The summed E-state index contributed by atoms with van der Waals surface area (Å²) in [4.78, 5) is 0. The second kappa shape index (κ2) is 7.70. The van der Waals surface area contributed by atoms with Crippen LogP contribution in [0.2, 0.25) is 0 Å². The van der Waals surface area contributed by atoms with Crippen LogP contribution >= 0.6 is 0 Å². The first-order valence-corrected chi connectivity index (χ1v) is 11.1. The number of fused-ring (bicyclic) bond motifs is 2. The Morgan fingerprint density at radius 3 is 2.67 bits per heavy atom. The van der Waals surface area contributed by atoms with Gasteiger partial charge in [0, 0.05) is 17.1 Å². The molecule has 0 saturated carbocycles. The molecule has 0 spiro atoms. The molecule has 0 saturated heterocycles. The maximum atomic E-state index is 4.59. The molecule has 6 rings (SSSR count). The van der Waals surface area contributed by atoms with Gasteiger partial charge >= 0.3 is 0 Å². The van der Waals surface area contributed by atoms with Gasteiger partial charge in [-0.2, -0.15) is 10.2 Å². The molecule has 0 amide bonds. The summed E-state index contributed by atoms with van der Waals surface area (Å²) in [5, 5.41) is 21.5. The lowest BCUT2D eigenvalue weighted by atomic mass is 10.0. The van der Waals surface area contributed by atoms with Crippen LogP contribution in [0.5, 0.6) is 0 Å². The smallest absolute Gasteiger partial charge is 0.113 e. The second-order valence-corrected chi connectivity index (χ2v) is 8.62. The molecule has 33 heavy (non-hydrogen) atoms. The lowest BCUT2D eigenvalue weighted by molar-refractivity contribution is 0.694. The number of benzene rings is 3. The monoisotopic (exact) mass is 433 g/mol. The van der Waals surface area contributed by atoms with Gasteiger partial charge in [0.15, 0.2) is 0 Å². The summed E-state index contributed by atoms with van der Waals surface area (Å²) in [7, 11) is 0. The van der Waals surface area contributed by atoms with E-state index in [1.807, 2.05) is 46.0 Å². The maximum Gasteiger partial charge on any atom is 0.113 e. The summed E-state index contributed by atoms with van der Waals surface area (Å²) >= 11 is 0. The van der Waals surface area contributed by atoms with E-state index in [0.717, 1.165) is 38.9 Å². The normalized spacial score (nSPS) is 11.7. The van der Waals surface area contributed by atoms with Crippen molar-refractivity contribution in [1.82, 2.24) is 35.0 Å². The number of aromatic amines is 1. The van der Waals surface area contributed by atoms with Gasteiger partial charge in [-0.05, 0) is 53.4 Å². The van der Waals surface area contributed by atoms with Crippen molar-refractivity contribution in [3.8, 4) is 16.9 Å². The van der Waals surface area contributed by atoms with Gasteiger partial charge in [-0.3, -0.25) is 9.78 Å². The van der Waals surface area contributed by atoms with Crippen LogP contribution in [0.15, 0.2) is 79.1 Å². The highest BCUT2D eigenvalue weighted by molar-refractivity contribution is 5.84. The molecule has 0 aliphatic heterocycles. The number of rotatable bonds is 5. The van der Waals surface area contributed by atoms with Crippen molar-refractivity contribution < 1.29 is 0 Å². The van der Waals surface area contributed by atoms with E-state index in [2.05, 4.69) is 81.9 Å². The Morgan fingerprint density at radius 1 is 0.939 bits per heavy atom. The van der Waals surface area contributed by atoms with Gasteiger partial charge in [0.25, 0.3) is 0 Å². The quantitative estimate of drug-likeness (QED) is 0.398. The summed E-state index contributed by atoms with van der Waals surface area (Å²) in [5.74, 6) is 0.526. The van der Waals surface area contributed by atoms with E-state index >= 15 is 0 Å². The van der Waals surface area contributed by atoms with Crippen LogP contribution in [0.1, 0.15) is 30.9 Å². The predicted molar refractivity (Wildman–Crippen MR) is 129 cm³/mol. The molecule has 6 aromatic rings. The van der Waals surface area contributed by atoms with Gasteiger partial charge in [0.2, 0.25) is 0 Å². The van der Waals surface area contributed by atoms with Gasteiger partial charge in [0.05, 0.1) is 35.2 Å². The van der Waals surface area contributed by atoms with E-state index in [9.17, 15) is 0 Å². The average molecular weight is 434 g/mol. The Morgan fingerprint density at radius 2 is 1.82 bits per heavy atom. The fourth-order valence-electron chi connectivity index (χ4n) is 4.21. The third kappa shape index (κ3) is 3.47. The molecule has 7 heteroatoms. The van der Waals surface area contributed by atoms with Crippen LogP contribution < -0.4 is 0 Å². The lowest BCUT2D eigenvalue weighted by Crippen LogP contribution is -2.04. The van der Waals surface area contributed by atoms with Crippen molar-refractivity contribution in [2.75, 3.05) is 0 Å². The zero-order valence-electron chi connectivity index (χ0n) is 18.5. The van der Waals surface area contributed by atoms with Crippen molar-refractivity contribution in [2.24, 2.45) is 0 Å². The highest BCUT2D eigenvalue weighted by Crippen LogP contribution is 2.26. The molecular formula is C26H23N7. The number of aromatic nitrogens is 7. The first-order chi connectivity index (χ1) is 16.2. The van der Waals surface area contributed by atoms with Crippen molar-refractivity contribution in [3.05, 3.63) is 90.3 Å². The largest absolute Gasteiger partial charge is 0.278 e. The zero-order valence-corrected chi connectivity index (χ0v) is 18.5. The summed E-state index contributed by atoms with van der Waals surface area (Å²) in [6.45, 7) is 5.14. The molecule has 3 aromatic heterocycles. The molecule has 0 bridgehead atoms. The molecule has 3 aromatic carbocycles. The molecule has 7 nitrogen and oxygen atoms in total. The van der Waals surface area contributed by atoms with Crippen LogP contribution in [0, 0.1) is 0 Å². The van der Waals surface area contributed by atoms with Gasteiger partial charge < -0.3 is 0 Å². The Bertz CT molecular complexity index is 1570. The lowest BCUT2D eigenvalue weighted by Gasteiger charge is -2.10. The Kier molecular flexibility index (Phi) is 4.54. The average Bonchev–Trinajstić information content (AvgIpc) is 3.58. The van der Waals surface area contributed by atoms with Gasteiger partial charge in [-0.15, -0.1) is 5.10 Å². The number of nitrogens with one attached hydrogen (secondary N) is 1. The molecule has 0 aliphatic carbocycles. The van der Waals surface area contributed by atoms with E-state index in [0.29, 0.717) is 12.5 Å². The molecule has 0 fully saturated rings. The standard InChI is InChI=1S/C26H23N7/c1-17(2)19-5-3-18(4-6-19)16-32-25(11-12-28-32)20-8-10-23-26(13-20)33(31-30-23)22-9-7-21-15-27-29-24(21)14-22/h3-15,17H,16H2,1-2H3,(H,27,29). The molecular weight excluding hydrogens is 410 g/mol. The number of hydrogen-bond donors (Lipinski definition) is 1. The SMILES string of the molecule is CC(C)c1ccc(Cn2nccc2-c2ccc3nnn(-c4ccc5cn[nH]c5c4)c3c2)cc1. The first-order valence-electron chi connectivity index (χ1n) is 11.1. The van der Waals surface area contributed by atoms with E-state index in [4.69, 9.17) is 0 Å². The maximum absolute atomic E-state index is 4.59. The molecule has 0 atom stereocenters. The van der Waals surface area contributed by atoms with Crippen LogP contribution in [0.3, 0.4) is 0 Å². The summed E-state index contributed by atoms with van der Waals surface area (Å²) in [6, 6.07) is 23.2. The van der Waals surface area contributed by atoms with Crippen LogP contribution in [0.4, 0.5) is 0 Å². The van der Waals surface area contributed by atoms with Crippen molar-refractivity contribution in [3.63, 3.8) is 0 Å². The zero-order chi connectivity index (χ0) is 22.4. The number of nitrogens with zero attached hydrogens (tertiary/aromatic N) is 6. The minimum absolute atomic E-state index is 0.526. The van der Waals surface area contributed by atoms with Crippen molar-refractivity contribution in [1.29, 1.82) is 0 Å². The van der Waals surface area contributed by atoms with E-state index < -0.39 is 0 Å². The van der Waals surface area contributed by atoms with E-state index in [-0.39, 0.29) is 0 Å². The minimum atomic E-state index is 0.526. The minimum Gasteiger partial charge on any atom is -0.278 e. The summed E-state index contributed by atoms with van der Waals surface area (Å²) in [5.41, 5.74) is 8.40. The molecule has 162 valence electrons. The van der Waals surface area contributed by atoms with Gasteiger partial charge in [-0.1, -0.05) is 49.4 Å². The third-order valence-electron chi connectivity index (χ3n) is 6.11. The predicted octanol–water partition coefficient (Wildman–Crippen LogP) is 5.33. The molecule has 0 radical (unpaired) electrons. The first kappa shape index (κ1) is 19.4. The Labute approximate surface area is 190 Å². The third-order valence-corrected chi connectivity index (χ3v) is 6.11. The van der Waals surface area contributed by atoms with Crippen molar-refractivity contribution in [2.45, 2.75) is 26.3 Å². The Hall–Kier alpha value is -4.26. The summed E-state index contributed by atoms with van der Waals surface area (Å²) in [6.07, 6.45) is 3.66. The van der Waals surface area contributed by atoms with Crippen LogP contribution in [-0.4, -0.2) is 35.0 Å². The molecule has 1 N–H and O–H groups in total. The van der Waals surface area contributed by atoms with Gasteiger partial charge in [0.1, 0.15) is 5.52 Å². The highest BCUT2D eigenvalue weighted by atomic mass is 15.4. The Balaban J connectivity index is 1.37. The molecule has 0 unspecified atom stereocenters. The fraction of sp³-hybridized carbons (Fsp3) is 0.154. The van der Waals surface area contributed by atoms with E-state index in [1.165, 1.54) is 11.1 Å². The topological polar surface area (TPSA) is 77.2 Å². The second-order valence-electron chi connectivity index (χ2n) is 8.62. The van der Waals surface area contributed by atoms with Crippen molar-refractivity contribution >= 4 is 21.9 Å². The fourth-order valence-corrected chi connectivity index (χ4v) is 4.21. The number of hydrogen-bond acceptors (Lipinski definition) is 4. The van der Waals surface area contributed by atoms with E-state index in [1.54, 1.807) is 0 Å². The molecule has 3 heterocycles. The van der Waals surface area contributed by atoms with Gasteiger partial charge in [-0.25, -0.2) is 4.68 Å². The summed E-state index contributed by atoms with van der Waals surface area (Å²) < 4.78 is 3.90. The highest BCUT2D eigenvalue weighted by Gasteiger charge is 2.12. The molecule has 0 aliphatic rings. The van der Waals surface area contributed by atoms with Crippen LogP contribution in [0.25, 0.3) is 38.9 Å². The van der Waals surface area contributed by atoms with Crippen LogP contribution in [-0.2, 0) is 6.54 Å². The number of H-pyrrole nitrogens is 1.